The molecule has 1 rings (SSSR count). The maximum Gasteiger partial charge on any atom is 0.511 e. The van der Waals surface area contributed by atoms with Crippen LogP contribution < -0.4 is 10.6 Å². The average molecular weight is 544 g/mol. The number of halogens is 4. The maximum absolute atomic E-state index is 12.6. The van der Waals surface area contributed by atoms with Gasteiger partial charge in [-0.25, -0.2) is 8.42 Å². The van der Waals surface area contributed by atoms with Gasteiger partial charge in [-0.05, 0) is 44.9 Å². The summed E-state index contributed by atoms with van der Waals surface area (Å²) >= 11 is 0. The molecule has 0 atom stereocenters. The van der Waals surface area contributed by atoms with Gasteiger partial charge >= 0.3 is 15.5 Å². The van der Waals surface area contributed by atoms with Crippen molar-refractivity contribution in [3.05, 3.63) is 0 Å². The number of guanidine groups is 1. The van der Waals surface area contributed by atoms with Crippen LogP contribution in [-0.4, -0.2) is 70.6 Å². The fourth-order valence-electron chi connectivity index (χ4n) is 2.80. The van der Waals surface area contributed by atoms with Gasteiger partial charge in [0.15, 0.2) is 5.96 Å². The van der Waals surface area contributed by atoms with Crippen LogP contribution in [0.1, 0.15) is 39.0 Å². The van der Waals surface area contributed by atoms with Crippen molar-refractivity contribution in [1.29, 1.82) is 0 Å². The molecule has 0 amide bonds. The zero-order chi connectivity index (χ0) is 20.3. The molecule has 0 aromatic heterocycles. The molecular weight excluding hydrogens is 512 g/mol. The molecule has 12 heteroatoms. The molecule has 28 heavy (non-hydrogen) atoms. The highest BCUT2D eigenvalue weighted by Gasteiger charge is 2.50. The van der Waals surface area contributed by atoms with Crippen LogP contribution in [0, 0.1) is 5.92 Å². The Balaban J connectivity index is 0.00000729. The Kier molecular flexibility index (Phi) is 13.6. The van der Waals surface area contributed by atoms with Gasteiger partial charge in [0, 0.05) is 46.4 Å². The van der Waals surface area contributed by atoms with Crippen LogP contribution in [0.3, 0.4) is 0 Å². The standard InChI is InChI=1S/C16H31F3N4O3S.HI/c1-3-20-15(21-9-5-4-6-12-26-2)22-13-14-7-10-23(11-8-14)27(24,25)16(17,18)19;/h14H,3-13H2,1-2H3,(H2,20,21,22);1H. The van der Waals surface area contributed by atoms with Crippen LogP contribution in [-0.2, 0) is 14.8 Å². The first-order valence-electron chi connectivity index (χ1n) is 9.30. The highest BCUT2D eigenvalue weighted by molar-refractivity contribution is 14.0. The van der Waals surface area contributed by atoms with Gasteiger partial charge in [-0.3, -0.25) is 4.99 Å². The van der Waals surface area contributed by atoms with Crippen LogP contribution in [0.15, 0.2) is 4.99 Å². The van der Waals surface area contributed by atoms with Crippen LogP contribution in [0.2, 0.25) is 0 Å². The largest absolute Gasteiger partial charge is 0.511 e. The average Bonchev–Trinajstić information content (AvgIpc) is 2.62. The molecule has 0 unspecified atom stereocenters. The highest BCUT2D eigenvalue weighted by Crippen LogP contribution is 2.30. The molecule has 0 aromatic carbocycles. The topological polar surface area (TPSA) is 83.0 Å². The molecular formula is C16H32F3IN4O3S. The number of ether oxygens (including phenoxy) is 1. The Morgan fingerprint density at radius 2 is 1.82 bits per heavy atom. The van der Waals surface area contributed by atoms with Crippen molar-refractivity contribution >= 4 is 40.0 Å². The summed E-state index contributed by atoms with van der Waals surface area (Å²) in [6.45, 7) is 4.40. The Morgan fingerprint density at radius 1 is 1.18 bits per heavy atom. The molecule has 0 radical (unpaired) electrons. The fraction of sp³-hybridized carbons (Fsp3) is 0.938. The predicted molar refractivity (Wildman–Crippen MR) is 114 cm³/mol. The molecule has 2 N–H and O–H groups in total. The summed E-state index contributed by atoms with van der Waals surface area (Å²) in [5.41, 5.74) is -5.23. The first-order chi connectivity index (χ1) is 12.7. The minimum absolute atomic E-state index is 0. The number of nitrogens with zero attached hydrogens (tertiary/aromatic N) is 2. The molecule has 7 nitrogen and oxygen atoms in total. The molecule has 0 bridgehead atoms. The summed E-state index contributed by atoms with van der Waals surface area (Å²) in [4.78, 5) is 4.49. The van der Waals surface area contributed by atoms with Crippen LogP contribution in [0.5, 0.6) is 0 Å². The number of aliphatic imine (C=N–C) groups is 1. The zero-order valence-electron chi connectivity index (χ0n) is 16.4. The minimum atomic E-state index is -5.23. The first kappa shape index (κ1) is 27.7. The molecule has 1 aliphatic heterocycles. The number of alkyl halides is 3. The number of hydrogen-bond acceptors (Lipinski definition) is 4. The zero-order valence-corrected chi connectivity index (χ0v) is 19.6. The van der Waals surface area contributed by atoms with Crippen molar-refractivity contribution in [2.45, 2.75) is 44.5 Å². The number of hydrogen-bond donors (Lipinski definition) is 2. The Labute approximate surface area is 182 Å². The van der Waals surface area contributed by atoms with E-state index in [1.165, 1.54) is 0 Å². The van der Waals surface area contributed by atoms with E-state index in [9.17, 15) is 21.6 Å². The lowest BCUT2D eigenvalue weighted by Gasteiger charge is -2.30. The van der Waals surface area contributed by atoms with E-state index in [-0.39, 0.29) is 43.0 Å². The van der Waals surface area contributed by atoms with E-state index in [2.05, 4.69) is 15.6 Å². The number of rotatable bonds is 10. The van der Waals surface area contributed by atoms with Crippen molar-refractivity contribution in [2.24, 2.45) is 10.9 Å². The van der Waals surface area contributed by atoms with E-state index in [1.54, 1.807) is 7.11 Å². The monoisotopic (exact) mass is 544 g/mol. The third kappa shape index (κ3) is 9.44. The first-order valence-corrected chi connectivity index (χ1v) is 10.7. The van der Waals surface area contributed by atoms with Crippen molar-refractivity contribution < 1.29 is 26.3 Å². The van der Waals surface area contributed by atoms with E-state index >= 15 is 0 Å². The summed E-state index contributed by atoms with van der Waals surface area (Å²) in [6, 6.07) is 0. The third-order valence-electron chi connectivity index (χ3n) is 4.38. The molecule has 1 fully saturated rings. The van der Waals surface area contributed by atoms with Gasteiger partial charge < -0.3 is 15.4 Å². The second-order valence-electron chi connectivity index (χ2n) is 6.49. The SMILES string of the molecule is CCNC(=NCC1CCN(S(=O)(=O)C(F)(F)F)CC1)NCCCCCOC.I. The van der Waals surface area contributed by atoms with Crippen molar-refractivity contribution in [1.82, 2.24) is 14.9 Å². The number of sulfonamides is 1. The van der Waals surface area contributed by atoms with E-state index in [0.29, 0.717) is 36.2 Å². The van der Waals surface area contributed by atoms with Crippen LogP contribution in [0.25, 0.3) is 0 Å². The Morgan fingerprint density at radius 3 is 2.36 bits per heavy atom. The predicted octanol–water partition coefficient (Wildman–Crippen LogP) is 2.54. The van der Waals surface area contributed by atoms with Gasteiger partial charge in [-0.1, -0.05) is 0 Å². The van der Waals surface area contributed by atoms with Crippen molar-refractivity contribution in [2.75, 3.05) is 46.4 Å². The lowest BCUT2D eigenvalue weighted by Crippen LogP contribution is -2.45. The third-order valence-corrected chi connectivity index (χ3v) is 6.01. The highest BCUT2D eigenvalue weighted by atomic mass is 127. The fourth-order valence-corrected chi connectivity index (χ4v) is 3.78. The number of unbranched alkanes of at least 4 members (excludes halogenated alkanes) is 2. The molecule has 0 aromatic rings. The summed E-state index contributed by atoms with van der Waals surface area (Å²) < 4.78 is 66.2. The smallest absolute Gasteiger partial charge is 0.385 e. The van der Waals surface area contributed by atoms with Gasteiger partial charge in [-0.15, -0.1) is 24.0 Å². The molecule has 0 aliphatic carbocycles. The van der Waals surface area contributed by atoms with Crippen molar-refractivity contribution in [3.63, 3.8) is 0 Å². The summed E-state index contributed by atoms with van der Waals surface area (Å²) in [6.07, 6.45) is 3.78. The normalized spacial score (nSPS) is 17.2. The Hall–Kier alpha value is -0.340. The molecule has 0 spiro atoms. The molecule has 1 saturated heterocycles. The number of piperidine rings is 1. The number of nitrogens with one attached hydrogen (secondary N) is 2. The van der Waals surface area contributed by atoms with Crippen molar-refractivity contribution in [3.8, 4) is 0 Å². The van der Waals surface area contributed by atoms with E-state index in [4.69, 9.17) is 4.74 Å². The molecule has 168 valence electrons. The number of methoxy groups -OCH3 is 1. The quantitative estimate of drug-likeness (QED) is 0.191. The lowest BCUT2D eigenvalue weighted by atomic mass is 9.98. The second kappa shape index (κ2) is 13.8. The van der Waals surface area contributed by atoms with Gasteiger partial charge in [0.1, 0.15) is 0 Å². The summed E-state index contributed by atoms with van der Waals surface area (Å²) in [7, 11) is -3.54. The van der Waals surface area contributed by atoms with Gasteiger partial charge in [0.25, 0.3) is 0 Å². The summed E-state index contributed by atoms with van der Waals surface area (Å²) in [5, 5.41) is 6.37. The minimum Gasteiger partial charge on any atom is -0.385 e. The van der Waals surface area contributed by atoms with E-state index in [1.807, 2.05) is 6.92 Å². The van der Waals surface area contributed by atoms with Gasteiger partial charge in [-0.2, -0.15) is 17.5 Å². The van der Waals surface area contributed by atoms with Gasteiger partial charge in [0.2, 0.25) is 0 Å². The van der Waals surface area contributed by atoms with E-state index < -0.39 is 15.5 Å². The maximum atomic E-state index is 12.6. The lowest BCUT2D eigenvalue weighted by molar-refractivity contribution is -0.0496. The van der Waals surface area contributed by atoms with E-state index in [0.717, 1.165) is 32.4 Å². The molecule has 1 aliphatic rings. The summed E-state index contributed by atoms with van der Waals surface area (Å²) in [5.74, 6) is 0.747. The van der Waals surface area contributed by atoms with Crippen LogP contribution in [0.4, 0.5) is 13.2 Å². The molecule has 1 heterocycles. The van der Waals surface area contributed by atoms with Gasteiger partial charge in [0.05, 0.1) is 0 Å². The second-order valence-corrected chi connectivity index (χ2v) is 8.42. The Bertz CT molecular complexity index is 554. The van der Waals surface area contributed by atoms with Crippen LogP contribution >= 0.6 is 24.0 Å². The molecule has 0 saturated carbocycles.